The molecule has 13 heavy (non-hydrogen) atoms. The molecule has 0 aliphatic carbocycles. The lowest BCUT2D eigenvalue weighted by atomic mass is 10.3. The highest BCUT2D eigenvalue weighted by molar-refractivity contribution is 8.01. The summed E-state index contributed by atoms with van der Waals surface area (Å²) in [6.45, 7) is 0. The van der Waals surface area contributed by atoms with Crippen LogP contribution in [0.4, 0.5) is 5.69 Å². The molecule has 1 aromatic rings. The highest BCUT2D eigenvalue weighted by Crippen LogP contribution is 2.44. The van der Waals surface area contributed by atoms with Gasteiger partial charge in [-0.2, -0.15) is 0 Å². The number of carbonyl (C=O) groups is 1. The molecule has 0 spiro atoms. The van der Waals surface area contributed by atoms with Crippen LogP contribution in [0.15, 0.2) is 29.2 Å². The van der Waals surface area contributed by atoms with Crippen molar-refractivity contribution in [2.75, 3.05) is 4.42 Å². The Bertz CT molecular complexity index is 358. The first kappa shape index (κ1) is 8.72. The molecule has 68 valence electrons. The maximum Gasteiger partial charge on any atom is 0.338 e. The average Bonchev–Trinajstić information content (AvgIpc) is 2.45. The summed E-state index contributed by atoms with van der Waals surface area (Å²) in [6, 6.07) is 7.36. The van der Waals surface area contributed by atoms with Gasteiger partial charge in [0.2, 0.25) is 0 Å². The van der Waals surface area contributed by atoms with Crippen LogP contribution in [-0.2, 0) is 4.79 Å². The van der Waals surface area contributed by atoms with E-state index in [1.807, 2.05) is 18.2 Å². The third kappa shape index (κ3) is 1.36. The fourth-order valence-electron chi connectivity index (χ4n) is 1.17. The molecular weight excluding hydrogens is 210 g/mol. The van der Waals surface area contributed by atoms with Crippen molar-refractivity contribution in [1.29, 1.82) is 0 Å². The fourth-order valence-corrected chi connectivity index (χ4v) is 2.57. The molecule has 0 fully saturated rings. The summed E-state index contributed by atoms with van der Waals surface area (Å²) in [7, 11) is 0. The van der Waals surface area contributed by atoms with Gasteiger partial charge in [-0.3, -0.25) is 4.42 Å². The minimum Gasteiger partial charge on any atom is -0.479 e. The Morgan fingerprint density at radius 3 is 2.85 bits per heavy atom. The van der Waals surface area contributed by atoms with Gasteiger partial charge in [0, 0.05) is 16.7 Å². The normalized spacial score (nSPS) is 20.1. The molecule has 1 aliphatic rings. The third-order valence-corrected chi connectivity index (χ3v) is 3.48. The first-order chi connectivity index (χ1) is 6.20. The SMILES string of the molecule is O=C(O)C1Sc2ccccc2N1Cl. The number of para-hydroxylation sites is 1. The summed E-state index contributed by atoms with van der Waals surface area (Å²) >= 11 is 7.08. The first-order valence-corrected chi connectivity index (χ1v) is 4.85. The van der Waals surface area contributed by atoms with E-state index in [0.717, 1.165) is 10.6 Å². The Labute approximate surface area is 84.4 Å². The minimum atomic E-state index is -0.920. The molecule has 1 aromatic carbocycles. The average molecular weight is 216 g/mol. The smallest absolute Gasteiger partial charge is 0.338 e. The van der Waals surface area contributed by atoms with Crippen molar-refractivity contribution in [3.8, 4) is 0 Å². The zero-order chi connectivity index (χ0) is 9.42. The number of halogens is 1. The number of benzene rings is 1. The van der Waals surface area contributed by atoms with Gasteiger partial charge in [-0.1, -0.05) is 23.9 Å². The van der Waals surface area contributed by atoms with E-state index in [1.54, 1.807) is 6.07 Å². The largest absolute Gasteiger partial charge is 0.479 e. The van der Waals surface area contributed by atoms with E-state index in [-0.39, 0.29) is 0 Å². The maximum atomic E-state index is 10.7. The Morgan fingerprint density at radius 1 is 1.54 bits per heavy atom. The molecule has 1 N–H and O–H groups in total. The number of carboxylic acid groups (broad SMARTS) is 1. The second kappa shape index (κ2) is 3.12. The Balaban J connectivity index is 2.38. The van der Waals surface area contributed by atoms with Crippen LogP contribution in [0.2, 0.25) is 0 Å². The van der Waals surface area contributed by atoms with Crippen molar-refractivity contribution in [2.24, 2.45) is 0 Å². The number of aliphatic carboxylic acids is 1. The number of hydrogen-bond acceptors (Lipinski definition) is 3. The number of carboxylic acids is 1. The van der Waals surface area contributed by atoms with Crippen molar-refractivity contribution in [2.45, 2.75) is 10.3 Å². The first-order valence-electron chi connectivity index (χ1n) is 3.63. The van der Waals surface area contributed by atoms with Crippen molar-refractivity contribution >= 4 is 35.2 Å². The number of hydrogen-bond donors (Lipinski definition) is 1. The van der Waals surface area contributed by atoms with Crippen LogP contribution in [0.25, 0.3) is 0 Å². The van der Waals surface area contributed by atoms with Gasteiger partial charge >= 0.3 is 5.97 Å². The van der Waals surface area contributed by atoms with Crippen LogP contribution >= 0.6 is 23.5 Å². The van der Waals surface area contributed by atoms with E-state index >= 15 is 0 Å². The molecule has 1 atom stereocenters. The predicted molar refractivity (Wildman–Crippen MR) is 52.1 cm³/mol. The molecule has 1 unspecified atom stereocenters. The number of thioether (sulfide) groups is 1. The second-order valence-corrected chi connectivity index (χ2v) is 4.07. The van der Waals surface area contributed by atoms with Crippen LogP contribution in [0.3, 0.4) is 0 Å². The highest BCUT2D eigenvalue weighted by Gasteiger charge is 2.34. The summed E-state index contributed by atoms with van der Waals surface area (Å²) in [6.07, 6.45) is 0. The highest BCUT2D eigenvalue weighted by atomic mass is 35.5. The number of nitrogens with zero attached hydrogens (tertiary/aromatic N) is 1. The summed E-state index contributed by atoms with van der Waals surface area (Å²) < 4.78 is 1.25. The van der Waals surface area contributed by atoms with E-state index in [9.17, 15) is 4.79 Å². The quantitative estimate of drug-likeness (QED) is 0.729. The number of anilines is 1. The topological polar surface area (TPSA) is 40.5 Å². The van der Waals surface area contributed by atoms with Gasteiger partial charge in [0.05, 0.1) is 5.69 Å². The monoisotopic (exact) mass is 215 g/mol. The summed E-state index contributed by atoms with van der Waals surface area (Å²) in [5.74, 6) is -0.920. The van der Waals surface area contributed by atoms with Crippen molar-refractivity contribution in [3.63, 3.8) is 0 Å². The second-order valence-electron chi connectivity index (χ2n) is 2.59. The minimum absolute atomic E-state index is 0.709. The van der Waals surface area contributed by atoms with E-state index in [2.05, 4.69) is 0 Å². The zero-order valence-corrected chi connectivity index (χ0v) is 8.05. The van der Waals surface area contributed by atoms with E-state index in [1.165, 1.54) is 16.2 Å². The molecule has 0 bridgehead atoms. The molecule has 1 aliphatic heterocycles. The third-order valence-electron chi connectivity index (χ3n) is 1.75. The summed E-state index contributed by atoms with van der Waals surface area (Å²) in [4.78, 5) is 11.6. The molecular formula is C8H6ClNO2S. The molecule has 3 nitrogen and oxygen atoms in total. The lowest BCUT2D eigenvalue weighted by Crippen LogP contribution is -2.27. The number of rotatable bonds is 1. The van der Waals surface area contributed by atoms with Gasteiger partial charge < -0.3 is 5.11 Å². The standard InChI is InChI=1S/C8H6ClNO2S/c9-10-5-3-1-2-4-6(5)13-7(10)8(11)12/h1-4,7H,(H,11,12). The lowest BCUT2D eigenvalue weighted by Gasteiger charge is -2.12. The van der Waals surface area contributed by atoms with Gasteiger partial charge in [-0.05, 0) is 12.1 Å². The Kier molecular flexibility index (Phi) is 2.09. The van der Waals surface area contributed by atoms with Crippen LogP contribution in [0.1, 0.15) is 0 Å². The molecule has 0 radical (unpaired) electrons. The van der Waals surface area contributed by atoms with Gasteiger partial charge in [-0.15, -0.1) is 0 Å². The van der Waals surface area contributed by atoms with E-state index < -0.39 is 11.3 Å². The van der Waals surface area contributed by atoms with Crippen LogP contribution in [0.5, 0.6) is 0 Å². The molecule has 0 saturated heterocycles. The van der Waals surface area contributed by atoms with Gasteiger partial charge in [0.1, 0.15) is 0 Å². The molecule has 0 amide bonds. The van der Waals surface area contributed by atoms with E-state index in [4.69, 9.17) is 16.9 Å². The van der Waals surface area contributed by atoms with Crippen LogP contribution in [0, 0.1) is 0 Å². The zero-order valence-electron chi connectivity index (χ0n) is 6.48. The van der Waals surface area contributed by atoms with Crippen LogP contribution in [-0.4, -0.2) is 16.4 Å². The molecule has 0 saturated carbocycles. The summed E-state index contributed by atoms with van der Waals surface area (Å²) in [5.41, 5.74) is 0.765. The van der Waals surface area contributed by atoms with Gasteiger partial charge in [-0.25, -0.2) is 4.79 Å². The fraction of sp³-hybridized carbons (Fsp3) is 0.125. The van der Waals surface area contributed by atoms with Crippen molar-refractivity contribution < 1.29 is 9.90 Å². The van der Waals surface area contributed by atoms with Crippen molar-refractivity contribution in [3.05, 3.63) is 24.3 Å². The predicted octanol–water partition coefficient (Wildman–Crippen LogP) is 2.16. The van der Waals surface area contributed by atoms with Gasteiger partial charge in [0.25, 0.3) is 0 Å². The Morgan fingerprint density at radius 2 is 2.23 bits per heavy atom. The van der Waals surface area contributed by atoms with E-state index in [0.29, 0.717) is 0 Å². The molecule has 5 heteroatoms. The summed E-state index contributed by atoms with van der Waals surface area (Å²) in [5, 5.41) is 8.10. The van der Waals surface area contributed by atoms with Crippen LogP contribution < -0.4 is 4.42 Å². The van der Waals surface area contributed by atoms with Gasteiger partial charge in [0.15, 0.2) is 5.37 Å². The molecule has 2 rings (SSSR count). The maximum absolute atomic E-state index is 10.7. The lowest BCUT2D eigenvalue weighted by molar-refractivity contribution is -0.136. The number of fused-ring (bicyclic) bond motifs is 1. The molecule has 0 aromatic heterocycles. The van der Waals surface area contributed by atoms with Crippen molar-refractivity contribution in [1.82, 2.24) is 0 Å². The molecule has 1 heterocycles. The Hall–Kier alpha value is -0.870.